The van der Waals surface area contributed by atoms with Crippen LogP contribution >= 0.6 is 15.9 Å². The zero-order chi connectivity index (χ0) is 10.2. The van der Waals surface area contributed by atoms with Gasteiger partial charge in [0.2, 0.25) is 5.88 Å². The smallest absolute Gasteiger partial charge is 0.216 e. The topological polar surface area (TPSA) is 48.1 Å². The summed E-state index contributed by atoms with van der Waals surface area (Å²) in [4.78, 5) is 4.23. The molecule has 14 heavy (non-hydrogen) atoms. The van der Waals surface area contributed by atoms with Crippen molar-refractivity contribution in [3.8, 4) is 5.88 Å². The first kappa shape index (κ1) is 9.93. The van der Waals surface area contributed by atoms with Gasteiger partial charge >= 0.3 is 0 Å². The highest BCUT2D eigenvalue weighted by Gasteiger charge is 2.45. The molecule has 1 heterocycles. The highest BCUT2D eigenvalue weighted by molar-refractivity contribution is 9.10. The van der Waals surface area contributed by atoms with Crippen LogP contribution in [0.2, 0.25) is 0 Å². The Hall–Kier alpha value is -0.610. The summed E-state index contributed by atoms with van der Waals surface area (Å²) in [7, 11) is 1.65. The Bertz CT molecular complexity index is 350. The fourth-order valence-electron chi connectivity index (χ4n) is 1.70. The number of aromatic nitrogens is 1. The van der Waals surface area contributed by atoms with Crippen LogP contribution in [0.1, 0.15) is 18.4 Å². The lowest BCUT2D eigenvalue weighted by atomic mass is 9.97. The van der Waals surface area contributed by atoms with Gasteiger partial charge in [-0.3, -0.25) is 0 Å². The normalized spacial score (nSPS) is 17.9. The van der Waals surface area contributed by atoms with Gasteiger partial charge in [-0.15, -0.1) is 0 Å². The minimum Gasteiger partial charge on any atom is -0.481 e. The molecule has 1 aliphatic carbocycles. The molecule has 2 N–H and O–H groups in total. The second-order valence-corrected chi connectivity index (χ2v) is 4.61. The summed E-state index contributed by atoms with van der Waals surface area (Å²) in [5.74, 6) is 0.705. The highest BCUT2D eigenvalue weighted by atomic mass is 79.9. The van der Waals surface area contributed by atoms with E-state index in [1.165, 1.54) is 0 Å². The Morgan fingerprint density at radius 3 is 2.86 bits per heavy atom. The minimum atomic E-state index is 0.127. The van der Waals surface area contributed by atoms with Gasteiger partial charge in [0.15, 0.2) is 0 Å². The van der Waals surface area contributed by atoms with Crippen molar-refractivity contribution in [1.29, 1.82) is 0 Å². The average molecular weight is 257 g/mol. The number of rotatable bonds is 3. The van der Waals surface area contributed by atoms with Gasteiger partial charge < -0.3 is 10.5 Å². The molecule has 1 aromatic heterocycles. The van der Waals surface area contributed by atoms with E-state index < -0.39 is 0 Å². The van der Waals surface area contributed by atoms with E-state index in [0.717, 1.165) is 22.9 Å². The van der Waals surface area contributed by atoms with E-state index in [4.69, 9.17) is 10.5 Å². The Kier molecular flexibility index (Phi) is 2.49. The van der Waals surface area contributed by atoms with Crippen molar-refractivity contribution >= 4 is 15.9 Å². The molecule has 0 saturated heterocycles. The number of pyridine rings is 1. The molecule has 0 aromatic carbocycles. The lowest BCUT2D eigenvalue weighted by Crippen LogP contribution is -2.20. The zero-order valence-electron chi connectivity index (χ0n) is 8.09. The molecule has 0 unspecified atom stereocenters. The molecule has 0 radical (unpaired) electrons. The Morgan fingerprint density at radius 2 is 2.36 bits per heavy atom. The van der Waals surface area contributed by atoms with Gasteiger partial charge in [0, 0.05) is 28.2 Å². The monoisotopic (exact) mass is 256 g/mol. The van der Waals surface area contributed by atoms with Crippen molar-refractivity contribution in [3.63, 3.8) is 0 Å². The third kappa shape index (κ3) is 1.53. The van der Waals surface area contributed by atoms with E-state index in [1.54, 1.807) is 13.3 Å². The first-order valence-corrected chi connectivity index (χ1v) is 5.41. The average Bonchev–Trinajstić information content (AvgIpc) is 2.98. The molecule has 0 amide bonds. The first-order chi connectivity index (χ1) is 6.72. The van der Waals surface area contributed by atoms with Gasteiger partial charge in [-0.05, 0) is 34.8 Å². The molecule has 2 rings (SSSR count). The molecule has 1 saturated carbocycles. The summed E-state index contributed by atoms with van der Waals surface area (Å²) in [6.45, 7) is 0.668. The Morgan fingerprint density at radius 1 is 1.64 bits per heavy atom. The molecule has 1 aliphatic rings. The fourth-order valence-corrected chi connectivity index (χ4v) is 2.03. The molecule has 0 atom stereocenters. The number of methoxy groups -OCH3 is 1. The van der Waals surface area contributed by atoms with Gasteiger partial charge in [-0.2, -0.15) is 0 Å². The largest absolute Gasteiger partial charge is 0.481 e. The number of nitrogens with two attached hydrogens (primary N) is 1. The van der Waals surface area contributed by atoms with Crippen LogP contribution in [0.5, 0.6) is 5.88 Å². The molecule has 0 bridgehead atoms. The summed E-state index contributed by atoms with van der Waals surface area (Å²) in [6, 6.07) is 2.06. The summed E-state index contributed by atoms with van der Waals surface area (Å²) < 4.78 is 6.22. The van der Waals surface area contributed by atoms with Crippen molar-refractivity contribution in [2.45, 2.75) is 18.3 Å². The van der Waals surface area contributed by atoms with Crippen LogP contribution in [-0.2, 0) is 5.41 Å². The molecular formula is C10H13BrN2O. The molecule has 4 heteroatoms. The number of hydrogen-bond donors (Lipinski definition) is 1. The number of ether oxygens (including phenoxy) is 1. The van der Waals surface area contributed by atoms with E-state index in [2.05, 4.69) is 27.0 Å². The zero-order valence-corrected chi connectivity index (χ0v) is 9.67. The standard InChI is InChI=1S/C10H13BrN2O/c1-14-9-8(4-7(11)5-13-9)10(6-12)2-3-10/h4-5H,2-3,6,12H2,1H3. The third-order valence-corrected chi connectivity index (χ3v) is 3.26. The van der Waals surface area contributed by atoms with E-state index in [1.807, 2.05) is 0 Å². The van der Waals surface area contributed by atoms with Crippen molar-refractivity contribution in [2.24, 2.45) is 5.73 Å². The van der Waals surface area contributed by atoms with Gasteiger partial charge in [0.05, 0.1) is 7.11 Å². The molecular weight excluding hydrogens is 244 g/mol. The SMILES string of the molecule is COc1ncc(Br)cc1C1(CN)CC1. The van der Waals surface area contributed by atoms with Gasteiger partial charge in [-0.1, -0.05) is 0 Å². The minimum absolute atomic E-state index is 0.127. The van der Waals surface area contributed by atoms with Crippen LogP contribution in [0.4, 0.5) is 0 Å². The second-order valence-electron chi connectivity index (χ2n) is 3.69. The second kappa shape index (κ2) is 3.51. The predicted octanol–water partition coefficient (Wildman–Crippen LogP) is 1.84. The van der Waals surface area contributed by atoms with Crippen molar-refractivity contribution < 1.29 is 4.74 Å². The van der Waals surface area contributed by atoms with Crippen molar-refractivity contribution in [2.75, 3.05) is 13.7 Å². The summed E-state index contributed by atoms with van der Waals surface area (Å²) in [5.41, 5.74) is 7.04. The summed E-state index contributed by atoms with van der Waals surface area (Å²) in [5, 5.41) is 0. The molecule has 1 fully saturated rings. The van der Waals surface area contributed by atoms with E-state index in [9.17, 15) is 0 Å². The molecule has 1 aromatic rings. The van der Waals surface area contributed by atoms with Gasteiger partial charge in [0.25, 0.3) is 0 Å². The van der Waals surface area contributed by atoms with E-state index in [-0.39, 0.29) is 5.41 Å². The quantitative estimate of drug-likeness (QED) is 0.898. The van der Waals surface area contributed by atoms with Crippen LogP contribution < -0.4 is 10.5 Å². The third-order valence-electron chi connectivity index (χ3n) is 2.83. The molecule has 3 nitrogen and oxygen atoms in total. The van der Waals surface area contributed by atoms with Crippen molar-refractivity contribution in [3.05, 3.63) is 22.3 Å². The predicted molar refractivity (Wildman–Crippen MR) is 58.5 cm³/mol. The summed E-state index contributed by atoms with van der Waals surface area (Å²) in [6.07, 6.45) is 4.02. The van der Waals surface area contributed by atoms with E-state index >= 15 is 0 Å². The number of nitrogens with zero attached hydrogens (tertiary/aromatic N) is 1. The van der Waals surface area contributed by atoms with Crippen LogP contribution in [0.25, 0.3) is 0 Å². The molecule has 0 aliphatic heterocycles. The molecule has 0 spiro atoms. The maximum absolute atomic E-state index is 5.78. The highest BCUT2D eigenvalue weighted by Crippen LogP contribution is 2.50. The van der Waals surface area contributed by atoms with Crippen molar-refractivity contribution in [1.82, 2.24) is 4.98 Å². The number of hydrogen-bond acceptors (Lipinski definition) is 3. The van der Waals surface area contributed by atoms with E-state index in [0.29, 0.717) is 12.4 Å². The van der Waals surface area contributed by atoms with Gasteiger partial charge in [0.1, 0.15) is 0 Å². The number of halogens is 1. The fraction of sp³-hybridized carbons (Fsp3) is 0.500. The lowest BCUT2D eigenvalue weighted by molar-refractivity contribution is 0.387. The summed E-state index contributed by atoms with van der Waals surface area (Å²) >= 11 is 3.42. The maximum Gasteiger partial charge on any atom is 0.216 e. The van der Waals surface area contributed by atoms with Crippen LogP contribution in [-0.4, -0.2) is 18.6 Å². The van der Waals surface area contributed by atoms with Crippen LogP contribution in [0, 0.1) is 0 Å². The lowest BCUT2D eigenvalue weighted by Gasteiger charge is -2.15. The van der Waals surface area contributed by atoms with Gasteiger partial charge in [-0.25, -0.2) is 4.98 Å². The maximum atomic E-state index is 5.78. The van der Waals surface area contributed by atoms with Crippen LogP contribution in [0.3, 0.4) is 0 Å². The van der Waals surface area contributed by atoms with Crippen LogP contribution in [0.15, 0.2) is 16.7 Å². The first-order valence-electron chi connectivity index (χ1n) is 4.62. The Labute approximate surface area is 91.8 Å². The Balaban J connectivity index is 2.44. The molecule has 76 valence electrons.